The summed E-state index contributed by atoms with van der Waals surface area (Å²) in [6, 6.07) is 5.53. The third kappa shape index (κ3) is 1.89. The molecule has 0 aliphatic heterocycles. The zero-order valence-electron chi connectivity index (χ0n) is 6.14. The first-order chi connectivity index (χ1) is 5.69. The highest BCUT2D eigenvalue weighted by atomic mass is 127. The maximum Gasteiger partial charge on any atom is 0.0995 e. The van der Waals surface area contributed by atoms with Crippen LogP contribution < -0.4 is 5.73 Å². The molecule has 0 atom stereocenters. The molecule has 4 heteroatoms. The summed E-state index contributed by atoms with van der Waals surface area (Å²) in [5.74, 6) is 0. The second-order valence-electron chi connectivity index (χ2n) is 2.24. The summed E-state index contributed by atoms with van der Waals surface area (Å²) in [5.41, 5.74) is 6.85. The number of nitrogens with zero attached hydrogens (tertiary/aromatic N) is 1. The number of nitriles is 1. The lowest BCUT2D eigenvalue weighted by Crippen LogP contribution is -2.00. The van der Waals surface area contributed by atoms with Crippen LogP contribution in [-0.2, 0) is 6.54 Å². The summed E-state index contributed by atoms with van der Waals surface area (Å²) < 4.78 is 0.925. The molecule has 12 heavy (non-hydrogen) atoms. The minimum Gasteiger partial charge on any atom is -0.326 e. The molecule has 0 aliphatic rings. The summed E-state index contributed by atoms with van der Waals surface area (Å²) in [4.78, 5) is 0. The molecule has 2 nitrogen and oxygen atoms in total. The van der Waals surface area contributed by atoms with Gasteiger partial charge in [-0.1, -0.05) is 11.6 Å². The number of rotatable bonds is 1. The van der Waals surface area contributed by atoms with Crippen LogP contribution in [0.3, 0.4) is 0 Å². The third-order valence-corrected chi connectivity index (χ3v) is 3.01. The van der Waals surface area contributed by atoms with Gasteiger partial charge in [0.05, 0.1) is 16.7 Å². The fourth-order valence-corrected chi connectivity index (χ4v) is 1.56. The Hall–Kier alpha value is -0.310. The van der Waals surface area contributed by atoms with Crippen LogP contribution in [0.4, 0.5) is 0 Å². The van der Waals surface area contributed by atoms with E-state index in [2.05, 4.69) is 22.6 Å². The summed E-state index contributed by atoms with van der Waals surface area (Å²) >= 11 is 7.93. The summed E-state index contributed by atoms with van der Waals surface area (Å²) in [7, 11) is 0. The Bertz CT molecular complexity index is 344. The van der Waals surface area contributed by atoms with Crippen molar-refractivity contribution in [3.63, 3.8) is 0 Å². The number of hydrogen-bond acceptors (Lipinski definition) is 2. The van der Waals surface area contributed by atoms with Crippen LogP contribution in [0, 0.1) is 14.9 Å². The van der Waals surface area contributed by atoms with Gasteiger partial charge in [0.25, 0.3) is 0 Å². The minimum absolute atomic E-state index is 0.371. The van der Waals surface area contributed by atoms with Gasteiger partial charge in [0.15, 0.2) is 0 Å². The summed E-state index contributed by atoms with van der Waals surface area (Å²) in [5, 5.41) is 9.30. The zero-order valence-corrected chi connectivity index (χ0v) is 9.06. The Labute approximate surface area is 89.5 Å². The fraction of sp³-hybridized carbons (Fsp3) is 0.125. The van der Waals surface area contributed by atoms with Gasteiger partial charge in [0.1, 0.15) is 0 Å². The first-order valence-corrected chi connectivity index (χ1v) is 4.72. The molecule has 62 valence electrons. The number of nitrogens with two attached hydrogens (primary N) is 1. The Morgan fingerprint density at radius 1 is 1.58 bits per heavy atom. The molecule has 0 saturated carbocycles. The normalized spacial score (nSPS) is 9.50. The van der Waals surface area contributed by atoms with Gasteiger partial charge in [-0.25, -0.2) is 0 Å². The molecule has 0 amide bonds. The maximum atomic E-state index is 8.70. The molecule has 1 rings (SSSR count). The van der Waals surface area contributed by atoms with Gasteiger partial charge in [-0.2, -0.15) is 5.26 Å². The van der Waals surface area contributed by atoms with Crippen LogP contribution >= 0.6 is 34.2 Å². The molecular weight excluding hydrogens is 286 g/mol. The smallest absolute Gasteiger partial charge is 0.0995 e. The fourth-order valence-electron chi connectivity index (χ4n) is 0.861. The van der Waals surface area contributed by atoms with E-state index in [1.807, 2.05) is 12.1 Å². The van der Waals surface area contributed by atoms with Crippen LogP contribution in [0.5, 0.6) is 0 Å². The minimum atomic E-state index is 0.371. The Kier molecular flexibility index (Phi) is 3.32. The van der Waals surface area contributed by atoms with Crippen molar-refractivity contribution in [1.29, 1.82) is 5.26 Å². The van der Waals surface area contributed by atoms with Crippen molar-refractivity contribution in [2.24, 2.45) is 5.73 Å². The van der Waals surface area contributed by atoms with Gasteiger partial charge < -0.3 is 5.73 Å². The van der Waals surface area contributed by atoms with E-state index in [-0.39, 0.29) is 0 Å². The molecule has 0 saturated heterocycles. The van der Waals surface area contributed by atoms with Gasteiger partial charge >= 0.3 is 0 Å². The average molecular weight is 293 g/mol. The van der Waals surface area contributed by atoms with Crippen molar-refractivity contribution in [2.45, 2.75) is 6.54 Å². The third-order valence-electron chi connectivity index (χ3n) is 1.49. The van der Waals surface area contributed by atoms with Crippen LogP contribution in [0.1, 0.15) is 11.1 Å². The van der Waals surface area contributed by atoms with Crippen molar-refractivity contribution in [3.8, 4) is 6.07 Å². The SMILES string of the molecule is N#Cc1cc(Cl)c(I)cc1CN. The van der Waals surface area contributed by atoms with Gasteiger partial charge in [-0.05, 0) is 40.3 Å². The van der Waals surface area contributed by atoms with Crippen LogP contribution in [0.25, 0.3) is 0 Å². The van der Waals surface area contributed by atoms with Gasteiger partial charge in [0.2, 0.25) is 0 Å². The highest BCUT2D eigenvalue weighted by Crippen LogP contribution is 2.22. The van der Waals surface area contributed by atoms with Gasteiger partial charge in [-0.3, -0.25) is 0 Å². The molecule has 2 N–H and O–H groups in total. The predicted molar refractivity (Wildman–Crippen MR) is 56.8 cm³/mol. The van der Waals surface area contributed by atoms with Crippen LogP contribution in [-0.4, -0.2) is 0 Å². The van der Waals surface area contributed by atoms with Crippen molar-refractivity contribution in [2.75, 3.05) is 0 Å². The predicted octanol–water partition coefficient (Wildman–Crippen LogP) is 2.27. The van der Waals surface area contributed by atoms with E-state index in [0.717, 1.165) is 9.13 Å². The molecule has 1 aromatic carbocycles. The molecule has 1 aromatic rings. The highest BCUT2D eigenvalue weighted by molar-refractivity contribution is 14.1. The monoisotopic (exact) mass is 292 g/mol. The van der Waals surface area contributed by atoms with Crippen molar-refractivity contribution in [3.05, 3.63) is 31.9 Å². The van der Waals surface area contributed by atoms with E-state index in [9.17, 15) is 0 Å². The van der Waals surface area contributed by atoms with Crippen molar-refractivity contribution >= 4 is 34.2 Å². The lowest BCUT2D eigenvalue weighted by atomic mass is 10.1. The van der Waals surface area contributed by atoms with Crippen LogP contribution in [0.15, 0.2) is 12.1 Å². The Morgan fingerprint density at radius 3 is 2.75 bits per heavy atom. The lowest BCUT2D eigenvalue weighted by Gasteiger charge is -2.02. The Balaban J connectivity index is 3.31. The van der Waals surface area contributed by atoms with E-state index >= 15 is 0 Å². The summed E-state index contributed by atoms with van der Waals surface area (Å²) in [6.45, 7) is 0.371. The quantitative estimate of drug-likeness (QED) is 0.807. The molecule has 0 heterocycles. The first-order valence-electron chi connectivity index (χ1n) is 3.27. The lowest BCUT2D eigenvalue weighted by molar-refractivity contribution is 1.06. The van der Waals surface area contributed by atoms with Crippen LogP contribution in [0.2, 0.25) is 5.02 Å². The van der Waals surface area contributed by atoms with E-state index in [1.165, 1.54) is 0 Å². The van der Waals surface area contributed by atoms with E-state index < -0.39 is 0 Å². The van der Waals surface area contributed by atoms with Gasteiger partial charge in [0, 0.05) is 10.1 Å². The maximum absolute atomic E-state index is 8.70. The molecule has 0 fully saturated rings. The second-order valence-corrected chi connectivity index (χ2v) is 3.81. The van der Waals surface area contributed by atoms with E-state index in [0.29, 0.717) is 17.1 Å². The molecule has 0 unspecified atom stereocenters. The number of hydrogen-bond donors (Lipinski definition) is 1. The summed E-state index contributed by atoms with van der Waals surface area (Å²) in [6.07, 6.45) is 0. The molecule has 0 aliphatic carbocycles. The largest absolute Gasteiger partial charge is 0.326 e. The van der Waals surface area contributed by atoms with Gasteiger partial charge in [-0.15, -0.1) is 0 Å². The highest BCUT2D eigenvalue weighted by Gasteiger charge is 2.04. The number of benzene rings is 1. The molecule has 0 aromatic heterocycles. The second kappa shape index (κ2) is 4.08. The standard InChI is InChI=1S/C8H6ClIN2/c9-7-1-5(3-11)6(4-12)2-8(7)10/h1-2H,4,12H2. The number of halogens is 2. The Morgan fingerprint density at radius 2 is 2.25 bits per heavy atom. The molecule has 0 spiro atoms. The van der Waals surface area contributed by atoms with E-state index in [1.54, 1.807) is 6.07 Å². The van der Waals surface area contributed by atoms with Crippen molar-refractivity contribution in [1.82, 2.24) is 0 Å². The average Bonchev–Trinajstić information content (AvgIpc) is 2.09. The molecule has 0 bridgehead atoms. The zero-order chi connectivity index (χ0) is 9.14. The van der Waals surface area contributed by atoms with E-state index in [4.69, 9.17) is 22.6 Å². The topological polar surface area (TPSA) is 49.8 Å². The first kappa shape index (κ1) is 9.78. The van der Waals surface area contributed by atoms with Crippen molar-refractivity contribution < 1.29 is 0 Å². The molecule has 0 radical (unpaired) electrons. The molecular formula is C8H6ClIN2.